The molecule has 18 heavy (non-hydrogen) atoms. The second kappa shape index (κ2) is 4.01. The van der Waals surface area contributed by atoms with E-state index in [4.69, 9.17) is 0 Å². The highest BCUT2D eigenvalue weighted by Crippen LogP contribution is 2.54. The van der Waals surface area contributed by atoms with Gasteiger partial charge in [0.05, 0.1) is 0 Å². The van der Waals surface area contributed by atoms with E-state index >= 15 is 0 Å². The summed E-state index contributed by atoms with van der Waals surface area (Å²) >= 11 is 0. The molecule has 0 amide bonds. The Morgan fingerprint density at radius 2 is 1.83 bits per heavy atom. The van der Waals surface area contributed by atoms with Gasteiger partial charge < -0.3 is 5.11 Å². The van der Waals surface area contributed by atoms with Gasteiger partial charge in [-0.2, -0.15) is 0 Å². The van der Waals surface area contributed by atoms with E-state index in [0.717, 1.165) is 29.2 Å². The number of hydrogen-bond acceptors (Lipinski definition) is 1. The second-order valence-electron chi connectivity index (χ2n) is 6.58. The van der Waals surface area contributed by atoms with Gasteiger partial charge in [0.15, 0.2) is 0 Å². The van der Waals surface area contributed by atoms with Gasteiger partial charge in [0, 0.05) is 5.57 Å². The average Bonchev–Trinajstić information content (AvgIpc) is 2.80. The largest absolute Gasteiger partial charge is 0.507 e. The molecular weight excluding hydrogens is 220 g/mol. The lowest BCUT2D eigenvalue weighted by atomic mass is 9.57. The molecule has 0 bridgehead atoms. The van der Waals surface area contributed by atoms with Crippen LogP contribution in [-0.2, 0) is 0 Å². The molecule has 4 atom stereocenters. The summed E-state index contributed by atoms with van der Waals surface area (Å²) in [5, 5.41) is 9.89. The molecular formula is C17H22O. The Morgan fingerprint density at radius 3 is 2.78 bits per heavy atom. The molecule has 4 unspecified atom stereocenters. The van der Waals surface area contributed by atoms with Gasteiger partial charge >= 0.3 is 0 Å². The van der Waals surface area contributed by atoms with Gasteiger partial charge in [-0.25, -0.2) is 0 Å². The normalized spacial score (nSPS) is 42.1. The zero-order valence-corrected chi connectivity index (χ0v) is 10.9. The number of allylic oxidation sites excluding steroid dienone is 4. The van der Waals surface area contributed by atoms with E-state index in [1.807, 2.05) is 6.08 Å². The van der Waals surface area contributed by atoms with Crippen LogP contribution >= 0.6 is 0 Å². The van der Waals surface area contributed by atoms with Crippen molar-refractivity contribution in [3.05, 3.63) is 35.1 Å². The third-order valence-electron chi connectivity index (χ3n) is 5.88. The summed E-state index contributed by atoms with van der Waals surface area (Å²) in [6, 6.07) is 0. The van der Waals surface area contributed by atoms with Gasteiger partial charge in [-0.05, 0) is 61.0 Å². The molecule has 0 aromatic heterocycles. The van der Waals surface area contributed by atoms with Crippen molar-refractivity contribution in [2.75, 3.05) is 0 Å². The minimum absolute atomic E-state index is 0.509. The van der Waals surface area contributed by atoms with E-state index in [2.05, 4.69) is 12.2 Å². The SMILES string of the molecule is OC1=CC=C2C1=CCC1C2CCC2CCCCC21. The van der Waals surface area contributed by atoms with Crippen molar-refractivity contribution >= 4 is 0 Å². The summed E-state index contributed by atoms with van der Waals surface area (Å²) in [4.78, 5) is 0. The number of aliphatic hydroxyl groups excluding tert-OH is 1. The summed E-state index contributed by atoms with van der Waals surface area (Å²) in [5.74, 6) is 4.11. The summed E-state index contributed by atoms with van der Waals surface area (Å²) in [6.07, 6.45) is 16.2. The van der Waals surface area contributed by atoms with Crippen LogP contribution in [0.5, 0.6) is 0 Å². The second-order valence-corrected chi connectivity index (χ2v) is 6.58. The van der Waals surface area contributed by atoms with Crippen LogP contribution in [0.15, 0.2) is 35.1 Å². The van der Waals surface area contributed by atoms with Crippen molar-refractivity contribution in [3.63, 3.8) is 0 Å². The highest BCUT2D eigenvalue weighted by atomic mass is 16.3. The molecule has 4 rings (SSSR count). The Hall–Kier alpha value is -0.980. The zero-order valence-electron chi connectivity index (χ0n) is 10.9. The van der Waals surface area contributed by atoms with Crippen LogP contribution in [0.1, 0.15) is 44.9 Å². The van der Waals surface area contributed by atoms with Crippen molar-refractivity contribution in [1.29, 1.82) is 0 Å². The minimum atomic E-state index is 0.509. The van der Waals surface area contributed by atoms with E-state index in [1.54, 1.807) is 0 Å². The van der Waals surface area contributed by atoms with Gasteiger partial charge in [0.1, 0.15) is 5.76 Å². The van der Waals surface area contributed by atoms with Crippen molar-refractivity contribution in [2.24, 2.45) is 23.7 Å². The molecule has 0 spiro atoms. The maximum absolute atomic E-state index is 9.89. The molecule has 2 fully saturated rings. The molecule has 0 saturated heterocycles. The Bertz CT molecular complexity index is 454. The highest BCUT2D eigenvalue weighted by molar-refractivity contribution is 5.54. The molecule has 0 aromatic rings. The van der Waals surface area contributed by atoms with E-state index in [-0.39, 0.29) is 0 Å². The maximum atomic E-state index is 9.89. The first kappa shape index (κ1) is 10.9. The molecule has 1 heteroatoms. The third kappa shape index (κ3) is 1.46. The molecule has 0 radical (unpaired) electrons. The van der Waals surface area contributed by atoms with Crippen LogP contribution in [0, 0.1) is 23.7 Å². The first-order valence-electron chi connectivity index (χ1n) is 7.66. The van der Waals surface area contributed by atoms with Crippen LogP contribution in [0.2, 0.25) is 0 Å². The monoisotopic (exact) mass is 242 g/mol. The third-order valence-corrected chi connectivity index (χ3v) is 5.88. The van der Waals surface area contributed by atoms with Gasteiger partial charge in [0.2, 0.25) is 0 Å². The van der Waals surface area contributed by atoms with E-state index in [0.29, 0.717) is 5.76 Å². The standard InChI is InChI=1S/C17H22O/c18-17-10-9-15-14-6-5-11-3-1-2-4-12(11)13(14)7-8-16(15)17/h8-14,18H,1-7H2. The van der Waals surface area contributed by atoms with Crippen LogP contribution in [0.3, 0.4) is 0 Å². The summed E-state index contributed by atoms with van der Waals surface area (Å²) in [5.41, 5.74) is 2.61. The Balaban J connectivity index is 1.65. The zero-order chi connectivity index (χ0) is 12.1. The van der Waals surface area contributed by atoms with Gasteiger partial charge in [-0.15, -0.1) is 0 Å². The first-order valence-corrected chi connectivity index (χ1v) is 7.66. The average molecular weight is 242 g/mol. The molecule has 4 aliphatic carbocycles. The lowest BCUT2D eigenvalue weighted by Gasteiger charge is -2.48. The number of hydrogen-bond donors (Lipinski definition) is 1. The predicted octanol–water partition coefficient (Wildman–Crippen LogP) is 4.53. The number of rotatable bonds is 0. The molecule has 1 N–H and O–H groups in total. The topological polar surface area (TPSA) is 20.2 Å². The van der Waals surface area contributed by atoms with E-state index in [1.165, 1.54) is 50.5 Å². The predicted molar refractivity (Wildman–Crippen MR) is 73.2 cm³/mol. The Morgan fingerprint density at radius 1 is 0.944 bits per heavy atom. The quantitative estimate of drug-likeness (QED) is 0.661. The molecule has 0 heterocycles. The van der Waals surface area contributed by atoms with Crippen LogP contribution < -0.4 is 0 Å². The van der Waals surface area contributed by atoms with Gasteiger partial charge in [-0.3, -0.25) is 0 Å². The molecule has 0 aliphatic heterocycles. The van der Waals surface area contributed by atoms with Crippen molar-refractivity contribution in [1.82, 2.24) is 0 Å². The fraction of sp³-hybridized carbons (Fsp3) is 0.647. The molecule has 0 aromatic carbocycles. The van der Waals surface area contributed by atoms with Crippen molar-refractivity contribution in [3.8, 4) is 0 Å². The smallest absolute Gasteiger partial charge is 0.122 e. The summed E-state index contributed by atoms with van der Waals surface area (Å²) < 4.78 is 0. The lowest BCUT2D eigenvalue weighted by molar-refractivity contribution is 0.0682. The fourth-order valence-electron chi connectivity index (χ4n) is 5.09. The maximum Gasteiger partial charge on any atom is 0.122 e. The minimum Gasteiger partial charge on any atom is -0.507 e. The van der Waals surface area contributed by atoms with Crippen LogP contribution in [-0.4, -0.2) is 5.11 Å². The van der Waals surface area contributed by atoms with Gasteiger partial charge in [0.25, 0.3) is 0 Å². The van der Waals surface area contributed by atoms with Gasteiger partial charge in [-0.1, -0.05) is 31.4 Å². The van der Waals surface area contributed by atoms with Crippen molar-refractivity contribution in [2.45, 2.75) is 44.9 Å². The number of aliphatic hydroxyl groups is 1. The number of fused-ring (bicyclic) bond motifs is 5. The van der Waals surface area contributed by atoms with E-state index < -0.39 is 0 Å². The Kier molecular flexibility index (Phi) is 2.43. The summed E-state index contributed by atoms with van der Waals surface area (Å²) in [7, 11) is 0. The Labute approximate surface area is 109 Å². The molecule has 1 nitrogen and oxygen atoms in total. The van der Waals surface area contributed by atoms with Crippen LogP contribution in [0.4, 0.5) is 0 Å². The highest BCUT2D eigenvalue weighted by Gasteiger charge is 2.43. The molecule has 96 valence electrons. The first-order chi connectivity index (χ1) is 8.84. The van der Waals surface area contributed by atoms with Crippen LogP contribution in [0.25, 0.3) is 0 Å². The molecule has 2 saturated carbocycles. The van der Waals surface area contributed by atoms with E-state index in [9.17, 15) is 5.11 Å². The molecule has 4 aliphatic rings. The summed E-state index contributed by atoms with van der Waals surface area (Å²) in [6.45, 7) is 0. The lowest BCUT2D eigenvalue weighted by Crippen LogP contribution is -2.38. The fourth-order valence-corrected chi connectivity index (χ4v) is 5.09. The van der Waals surface area contributed by atoms with Crippen molar-refractivity contribution < 1.29 is 5.11 Å².